The molecule has 0 bridgehead atoms. The van der Waals surface area contributed by atoms with E-state index < -0.39 is 148 Å². The van der Waals surface area contributed by atoms with Crippen LogP contribution in [0.15, 0.2) is 30.3 Å². The van der Waals surface area contributed by atoms with Gasteiger partial charge in [-0.15, -0.1) is 0 Å². The summed E-state index contributed by atoms with van der Waals surface area (Å²) in [6, 6.07) is 7.56. The van der Waals surface area contributed by atoms with E-state index >= 15 is 0 Å². The number of hydrogen-bond donors (Lipinski definition) is 21. The Labute approximate surface area is 789 Å². The van der Waals surface area contributed by atoms with E-state index in [0.29, 0.717) is 91.6 Å². The molecule has 0 amide bonds. The van der Waals surface area contributed by atoms with Gasteiger partial charge in [0.15, 0.2) is 0 Å². The van der Waals surface area contributed by atoms with Crippen LogP contribution in [0.3, 0.4) is 0 Å². The maximum absolute atomic E-state index is 11.4. The first-order chi connectivity index (χ1) is 58.3. The molecule has 0 aliphatic carbocycles. The summed E-state index contributed by atoms with van der Waals surface area (Å²) >= 11 is 0. The maximum Gasteiger partial charge on any atom is 3.00 e. The summed E-state index contributed by atoms with van der Waals surface area (Å²) < 4.78 is 0. The smallest absolute Gasteiger partial charge is 0.480 e. The molecule has 0 saturated carbocycles. The van der Waals surface area contributed by atoms with E-state index in [9.17, 15) is 139 Å². The number of aliphatic hydroxyl groups is 9. The van der Waals surface area contributed by atoms with Gasteiger partial charge in [0.2, 0.25) is 0 Å². The molecule has 1 aromatic carbocycles. The number of nitrogens with zero attached hydrogens (tertiary/aromatic N) is 15. The molecule has 0 spiro atoms. The summed E-state index contributed by atoms with van der Waals surface area (Å²) in [4.78, 5) is 160. The van der Waals surface area contributed by atoms with Gasteiger partial charge in [-0.3, -0.25) is 131 Å². The fraction of sp³-hybridized carbons (Fsp3) is 0.760. The SMILES string of the molecule is O=C(O)CN1CCC(c2ccccc2)CCN(CC(=O)O)CCN(CC(=O)O)CC1.O=C(O)CN1CCN(CC(=O)O)CCN(CC(=O)O)CCN(CC(=O)O)CC1.O=C(O)CN1CCN(CC(=O)O)CCN([C@H](CO)[C@H](O)CO)CCN(CC(=O)O)CC1.O=C(O)CN1CCN([C@H](CO)[C@H](O)CO)CCN(CC(=O)O)CCN([C@@H](CO)[C@H](O)CO)CC1.[Gd+3].[Gd+3]. The Morgan fingerprint density at radius 1 is 0.224 bits per heavy atom. The van der Waals surface area contributed by atoms with Crippen molar-refractivity contribution in [3.63, 3.8) is 0 Å². The molecule has 21 N–H and O–H groups in total. The minimum absolute atomic E-state index is 0. The van der Waals surface area contributed by atoms with Crippen LogP contribution in [0.5, 0.6) is 0 Å². The minimum Gasteiger partial charge on any atom is -0.480 e. The van der Waals surface area contributed by atoms with Gasteiger partial charge in [-0.25, -0.2) is 0 Å². The monoisotopic (exact) mass is 2090 g/mol. The molecule has 4 heterocycles. The normalized spacial score (nSPS) is 20.2. The molecule has 0 unspecified atom stereocenters. The first-order valence-electron chi connectivity index (χ1n) is 40.6. The van der Waals surface area contributed by atoms with Crippen LogP contribution in [-0.2, 0) is 57.5 Å². The van der Waals surface area contributed by atoms with Crippen molar-refractivity contribution in [2.24, 2.45) is 0 Å². The van der Waals surface area contributed by atoms with Crippen molar-refractivity contribution in [2.75, 3.05) is 315 Å². The molecular formula is C75H133Gd2N15O33+6. The Bertz CT molecular complexity index is 3040. The van der Waals surface area contributed by atoms with Gasteiger partial charge in [0.05, 0.1) is 155 Å². The summed E-state index contributed by atoms with van der Waals surface area (Å²) in [7, 11) is 0. The van der Waals surface area contributed by atoms with E-state index in [1.54, 1.807) is 63.7 Å². The minimum atomic E-state index is -1.24. The molecule has 6 atom stereocenters. The van der Waals surface area contributed by atoms with Crippen molar-refractivity contribution in [1.29, 1.82) is 0 Å². The Morgan fingerprint density at radius 3 is 0.488 bits per heavy atom. The van der Waals surface area contributed by atoms with Crippen LogP contribution < -0.4 is 0 Å². The zero-order valence-corrected chi connectivity index (χ0v) is 75.0. The summed E-state index contributed by atoms with van der Waals surface area (Å²) in [6.07, 6.45) is -2.20. The third-order valence-electron chi connectivity index (χ3n) is 21.1. The van der Waals surface area contributed by atoms with Gasteiger partial charge in [-0.05, 0) is 37.4 Å². The molecule has 2 radical (unpaired) electrons. The number of benzene rings is 1. The van der Waals surface area contributed by atoms with Crippen molar-refractivity contribution >= 4 is 71.6 Å². The van der Waals surface area contributed by atoms with Gasteiger partial charge >= 0.3 is 152 Å². The summed E-state index contributed by atoms with van der Waals surface area (Å²) in [5.41, 5.74) is 1.16. The Kier molecular flexibility index (Phi) is 65.6. The average molecular weight is 2090 g/mol. The predicted molar refractivity (Wildman–Crippen MR) is 434 cm³/mol. The van der Waals surface area contributed by atoms with Gasteiger partial charge in [0.25, 0.3) is 0 Å². The molecule has 4 aliphatic rings. The molecule has 5 rings (SSSR count). The maximum atomic E-state index is 11.4. The Balaban J connectivity index is 0.00000163. The second-order valence-electron chi connectivity index (χ2n) is 30.3. The molecule has 1 aromatic rings. The van der Waals surface area contributed by atoms with Crippen LogP contribution in [0.25, 0.3) is 0 Å². The quantitative estimate of drug-likeness (QED) is 0.0294. The topological polar surface area (TPSA) is 678 Å². The average Bonchev–Trinajstić information content (AvgIpc) is 0.866. The molecule has 50 heteroatoms. The van der Waals surface area contributed by atoms with E-state index in [2.05, 4.69) is 0 Å². The third kappa shape index (κ3) is 55.4. The van der Waals surface area contributed by atoms with E-state index in [-0.39, 0.29) is 269 Å². The number of aliphatic hydroxyl groups excluding tert-OH is 9. The molecule has 125 heavy (non-hydrogen) atoms. The van der Waals surface area contributed by atoms with Crippen molar-refractivity contribution in [3.05, 3.63) is 35.9 Å². The molecular weight excluding hydrogens is 1950 g/mol. The number of aliphatic carboxylic acids is 12. The number of carboxylic acid groups (broad SMARTS) is 12. The third-order valence-corrected chi connectivity index (χ3v) is 21.1. The fourth-order valence-electron chi connectivity index (χ4n) is 14.4. The van der Waals surface area contributed by atoms with Gasteiger partial charge in [0, 0.05) is 183 Å². The van der Waals surface area contributed by atoms with E-state index in [1.807, 2.05) is 40.1 Å². The standard InChI is InChI=1S/C21H31N3O6.C20H40N4O10.C18H34N4O9.C16H28N4O8.2Gd/c25-19(26)14-22-8-6-18(17-4-2-1-3-5-17)7-9-23(15-20(27)28)11-13-24(12-10-22)16-21(29)30;25-11-15(17(29)13-27)23-5-1-21(9-19(31)32)2-6-24(16(12-26)18(30)14-28)8-4-22(3-7-23)10-20(33)34;23-12-14(15(25)13-24)22-7-5-20(10-17(28)29)3-1-19(9-16(26)27)2-4-21(6-8-22)11-18(30)31;21-13(22)9-17-1-2-18(10-14(23)24)5-6-20(12-16(27)28)8-7-19(4-3-17)11-15(25)26;;/h1-5,18H,6-16H2,(H,25,26)(H,27,28)(H,29,30);15-18,25-30H,1-14H2,(H,31,32)(H,33,34);14-15,23-25H,1-13H2,(H,26,27)(H,28,29)(H,30,31);1-12H2,(H,21,22)(H,23,24)(H,25,26)(H,27,28);;/q;;;;2*+3/t;15-,16+,17-,18-;14-,15-;;;/m.11.../s1. The van der Waals surface area contributed by atoms with Crippen molar-refractivity contribution in [1.82, 2.24) is 73.5 Å². The van der Waals surface area contributed by atoms with Crippen LogP contribution in [0.4, 0.5) is 0 Å². The van der Waals surface area contributed by atoms with E-state index in [4.69, 9.17) is 25.5 Å². The predicted octanol–water partition coefficient (Wildman–Crippen LogP) is -10.7. The molecule has 4 aliphatic heterocycles. The molecule has 4 fully saturated rings. The number of carboxylic acids is 12. The largest absolute Gasteiger partial charge is 3.00 e. The fourth-order valence-corrected chi connectivity index (χ4v) is 14.4. The second-order valence-corrected chi connectivity index (χ2v) is 30.3. The van der Waals surface area contributed by atoms with Gasteiger partial charge < -0.3 is 107 Å². The Morgan fingerprint density at radius 2 is 0.360 bits per heavy atom. The Hall–Kier alpha value is -5.45. The van der Waals surface area contributed by atoms with Crippen molar-refractivity contribution < 1.29 is 245 Å². The first kappa shape index (κ1) is 120. The van der Waals surface area contributed by atoms with Gasteiger partial charge in [-0.1, -0.05) is 30.3 Å². The number of hydrogen-bond acceptors (Lipinski definition) is 36. The van der Waals surface area contributed by atoms with Gasteiger partial charge in [0.1, 0.15) is 0 Å². The molecule has 48 nitrogen and oxygen atoms in total. The van der Waals surface area contributed by atoms with Crippen molar-refractivity contribution in [2.45, 2.75) is 55.2 Å². The summed E-state index contributed by atoms with van der Waals surface area (Å²) in [5.74, 6) is -11.9. The zero-order chi connectivity index (χ0) is 92.1. The van der Waals surface area contributed by atoms with Gasteiger partial charge in [-0.2, -0.15) is 0 Å². The van der Waals surface area contributed by atoms with Crippen LogP contribution in [0.1, 0.15) is 24.3 Å². The van der Waals surface area contributed by atoms with Crippen LogP contribution in [0, 0.1) is 79.9 Å². The van der Waals surface area contributed by atoms with Crippen LogP contribution in [0.2, 0.25) is 0 Å². The first-order valence-corrected chi connectivity index (χ1v) is 40.6. The zero-order valence-electron chi connectivity index (χ0n) is 70.5. The number of rotatable bonds is 37. The molecule has 0 aromatic heterocycles. The van der Waals surface area contributed by atoms with E-state index in [0.717, 1.165) is 18.4 Å². The molecule has 4 saturated heterocycles. The van der Waals surface area contributed by atoms with E-state index in [1.165, 1.54) is 0 Å². The summed E-state index contributed by atoms with van der Waals surface area (Å²) in [6.45, 7) is 3.69. The van der Waals surface area contributed by atoms with Crippen LogP contribution >= 0.6 is 0 Å². The van der Waals surface area contributed by atoms with Crippen molar-refractivity contribution in [3.8, 4) is 0 Å². The van der Waals surface area contributed by atoms with Crippen LogP contribution in [-0.4, -0.2) is 603 Å². The summed E-state index contributed by atoms with van der Waals surface area (Å²) in [5, 5.41) is 198. The molecule has 716 valence electrons. The number of carbonyl (C=O) groups is 12. The second kappa shape index (κ2) is 68.6.